The molecule has 0 atom stereocenters. The van der Waals surface area contributed by atoms with Gasteiger partial charge in [-0.3, -0.25) is 9.69 Å². The molecule has 1 aromatic rings. The van der Waals surface area contributed by atoms with Gasteiger partial charge in [-0.25, -0.2) is 0 Å². The van der Waals surface area contributed by atoms with Gasteiger partial charge in [-0.15, -0.1) is 0 Å². The van der Waals surface area contributed by atoms with Crippen LogP contribution >= 0.6 is 0 Å². The molecule has 0 spiro atoms. The fourth-order valence-corrected chi connectivity index (χ4v) is 2.65. The molecular formula is C17H26N2O2. The van der Waals surface area contributed by atoms with Crippen LogP contribution in [-0.4, -0.2) is 55.1 Å². The summed E-state index contributed by atoms with van der Waals surface area (Å²) in [6.07, 6.45) is 2.18. The second-order valence-corrected chi connectivity index (χ2v) is 5.49. The van der Waals surface area contributed by atoms with Crippen LogP contribution in [0.1, 0.15) is 25.3 Å². The fraction of sp³-hybridized carbons (Fsp3) is 0.588. The third-order valence-electron chi connectivity index (χ3n) is 3.91. The maximum atomic E-state index is 11.9. The van der Waals surface area contributed by atoms with E-state index < -0.39 is 0 Å². The molecule has 1 fully saturated rings. The molecule has 0 saturated carbocycles. The Kier molecular flexibility index (Phi) is 6.70. The summed E-state index contributed by atoms with van der Waals surface area (Å²) in [4.78, 5) is 16.2. The molecule has 0 aliphatic carbocycles. The van der Waals surface area contributed by atoms with E-state index in [0.29, 0.717) is 6.61 Å². The number of ether oxygens (including phenoxy) is 1. The summed E-state index contributed by atoms with van der Waals surface area (Å²) in [5.41, 5.74) is 1.33. The lowest BCUT2D eigenvalue weighted by molar-refractivity contribution is -0.136. The third-order valence-corrected chi connectivity index (χ3v) is 3.91. The smallest absolute Gasteiger partial charge is 0.248 e. The van der Waals surface area contributed by atoms with Crippen LogP contribution < -0.4 is 0 Å². The SMILES string of the molecule is CCN1CCCCN(Cc2ccccc2)CCOCC1=O. The highest BCUT2D eigenvalue weighted by atomic mass is 16.5. The Bertz CT molecular complexity index is 422. The van der Waals surface area contributed by atoms with Crippen LogP contribution in [0.15, 0.2) is 30.3 Å². The zero-order valence-corrected chi connectivity index (χ0v) is 13.0. The van der Waals surface area contributed by atoms with Crippen molar-refractivity contribution in [2.75, 3.05) is 39.4 Å². The Morgan fingerprint density at radius 2 is 1.86 bits per heavy atom. The van der Waals surface area contributed by atoms with Crippen molar-refractivity contribution in [3.05, 3.63) is 35.9 Å². The van der Waals surface area contributed by atoms with Crippen molar-refractivity contribution in [2.45, 2.75) is 26.3 Å². The summed E-state index contributed by atoms with van der Waals surface area (Å²) < 4.78 is 5.54. The van der Waals surface area contributed by atoms with E-state index in [9.17, 15) is 4.79 Å². The topological polar surface area (TPSA) is 32.8 Å². The minimum Gasteiger partial charge on any atom is -0.370 e. The molecule has 1 aliphatic heterocycles. The van der Waals surface area contributed by atoms with E-state index in [1.54, 1.807) is 0 Å². The van der Waals surface area contributed by atoms with Gasteiger partial charge in [-0.2, -0.15) is 0 Å². The first-order valence-electron chi connectivity index (χ1n) is 7.91. The van der Waals surface area contributed by atoms with Crippen LogP contribution in [-0.2, 0) is 16.1 Å². The Hall–Kier alpha value is -1.39. The van der Waals surface area contributed by atoms with Crippen molar-refractivity contribution >= 4 is 5.91 Å². The second kappa shape index (κ2) is 8.80. The number of carbonyl (C=O) groups is 1. The van der Waals surface area contributed by atoms with Gasteiger partial charge in [0.2, 0.25) is 5.91 Å². The van der Waals surface area contributed by atoms with Gasteiger partial charge in [0.05, 0.1) is 6.61 Å². The van der Waals surface area contributed by atoms with E-state index in [1.165, 1.54) is 5.56 Å². The van der Waals surface area contributed by atoms with E-state index in [2.05, 4.69) is 29.2 Å². The predicted molar refractivity (Wildman–Crippen MR) is 84.0 cm³/mol. The molecule has 1 aromatic carbocycles. The van der Waals surface area contributed by atoms with Gasteiger partial charge >= 0.3 is 0 Å². The summed E-state index contributed by atoms with van der Waals surface area (Å²) in [6, 6.07) is 10.5. The Morgan fingerprint density at radius 3 is 2.62 bits per heavy atom. The van der Waals surface area contributed by atoms with Crippen molar-refractivity contribution in [3.8, 4) is 0 Å². The van der Waals surface area contributed by atoms with Crippen LogP contribution in [0.2, 0.25) is 0 Å². The molecular weight excluding hydrogens is 264 g/mol. The van der Waals surface area contributed by atoms with Gasteiger partial charge in [-0.05, 0) is 31.9 Å². The molecule has 0 radical (unpaired) electrons. The summed E-state index contributed by atoms with van der Waals surface area (Å²) in [6.45, 7) is 7.38. The number of carbonyl (C=O) groups excluding carboxylic acids is 1. The van der Waals surface area contributed by atoms with Gasteiger partial charge in [0.1, 0.15) is 6.61 Å². The van der Waals surface area contributed by atoms with Crippen molar-refractivity contribution < 1.29 is 9.53 Å². The van der Waals surface area contributed by atoms with Gasteiger partial charge in [0.15, 0.2) is 0 Å². The quantitative estimate of drug-likeness (QED) is 0.855. The molecule has 1 aliphatic rings. The van der Waals surface area contributed by atoms with Crippen LogP contribution in [0.3, 0.4) is 0 Å². The largest absolute Gasteiger partial charge is 0.370 e. The molecule has 4 nitrogen and oxygen atoms in total. The normalized spacial score (nSPS) is 19.3. The molecule has 0 bridgehead atoms. The highest BCUT2D eigenvalue weighted by molar-refractivity contribution is 5.77. The van der Waals surface area contributed by atoms with Crippen molar-refractivity contribution in [2.24, 2.45) is 0 Å². The lowest BCUT2D eigenvalue weighted by Crippen LogP contribution is -2.34. The van der Waals surface area contributed by atoms with Crippen LogP contribution in [0.5, 0.6) is 0 Å². The lowest BCUT2D eigenvalue weighted by Gasteiger charge is -2.22. The first-order chi connectivity index (χ1) is 10.3. The van der Waals surface area contributed by atoms with Gasteiger partial charge in [0.25, 0.3) is 0 Å². The predicted octanol–water partition coefficient (Wildman–Crippen LogP) is 2.15. The number of benzene rings is 1. The van der Waals surface area contributed by atoms with Crippen molar-refractivity contribution in [1.82, 2.24) is 9.80 Å². The van der Waals surface area contributed by atoms with Crippen LogP contribution in [0.4, 0.5) is 0 Å². The molecule has 1 amide bonds. The van der Waals surface area contributed by atoms with E-state index in [0.717, 1.165) is 45.6 Å². The minimum absolute atomic E-state index is 0.119. The number of hydrogen-bond acceptors (Lipinski definition) is 3. The molecule has 1 saturated heterocycles. The molecule has 2 rings (SSSR count). The van der Waals surface area contributed by atoms with Crippen molar-refractivity contribution in [1.29, 1.82) is 0 Å². The number of rotatable bonds is 3. The van der Waals surface area contributed by atoms with Crippen LogP contribution in [0.25, 0.3) is 0 Å². The third kappa shape index (κ3) is 5.48. The Morgan fingerprint density at radius 1 is 1.10 bits per heavy atom. The molecule has 0 unspecified atom stereocenters. The average molecular weight is 290 g/mol. The summed E-state index contributed by atoms with van der Waals surface area (Å²) in [7, 11) is 0. The Labute approximate surface area is 127 Å². The molecule has 21 heavy (non-hydrogen) atoms. The first kappa shape index (κ1) is 16.0. The Balaban J connectivity index is 1.88. The maximum absolute atomic E-state index is 11.9. The van der Waals surface area contributed by atoms with Crippen molar-refractivity contribution in [3.63, 3.8) is 0 Å². The standard InChI is InChI=1S/C17H26N2O2/c1-2-19-11-7-6-10-18(12-13-21-15-17(19)20)14-16-8-4-3-5-9-16/h3-5,8-9H,2,6-7,10-15H2,1H3. The number of hydrogen-bond donors (Lipinski definition) is 0. The molecule has 0 N–H and O–H groups in total. The molecule has 4 heteroatoms. The summed E-state index contributed by atoms with van der Waals surface area (Å²) in [5.74, 6) is 0.119. The van der Waals surface area contributed by atoms with Gasteiger partial charge in [0, 0.05) is 26.2 Å². The van der Waals surface area contributed by atoms with E-state index in [4.69, 9.17) is 4.74 Å². The second-order valence-electron chi connectivity index (χ2n) is 5.49. The number of likely N-dealkylation sites (N-methyl/N-ethyl adjacent to an activating group) is 1. The maximum Gasteiger partial charge on any atom is 0.248 e. The monoisotopic (exact) mass is 290 g/mol. The minimum atomic E-state index is 0.119. The fourth-order valence-electron chi connectivity index (χ4n) is 2.65. The zero-order chi connectivity index (χ0) is 14.9. The summed E-state index contributed by atoms with van der Waals surface area (Å²) in [5, 5.41) is 0. The van der Waals surface area contributed by atoms with Gasteiger partial charge in [-0.1, -0.05) is 30.3 Å². The molecule has 0 aromatic heterocycles. The zero-order valence-electron chi connectivity index (χ0n) is 13.0. The lowest BCUT2D eigenvalue weighted by atomic mass is 10.2. The van der Waals surface area contributed by atoms with Gasteiger partial charge < -0.3 is 9.64 Å². The average Bonchev–Trinajstić information content (AvgIpc) is 2.54. The highest BCUT2D eigenvalue weighted by Crippen LogP contribution is 2.07. The number of amides is 1. The van der Waals surface area contributed by atoms with E-state index in [-0.39, 0.29) is 12.5 Å². The summed E-state index contributed by atoms with van der Waals surface area (Å²) >= 11 is 0. The van der Waals surface area contributed by atoms with E-state index >= 15 is 0 Å². The van der Waals surface area contributed by atoms with E-state index in [1.807, 2.05) is 17.9 Å². The number of nitrogens with zero attached hydrogens (tertiary/aromatic N) is 2. The van der Waals surface area contributed by atoms with Crippen LogP contribution in [0, 0.1) is 0 Å². The molecule has 116 valence electrons. The molecule has 1 heterocycles. The first-order valence-corrected chi connectivity index (χ1v) is 7.91. The highest BCUT2D eigenvalue weighted by Gasteiger charge is 2.14.